The first-order valence-corrected chi connectivity index (χ1v) is 9.37. The molecule has 1 aliphatic rings. The van der Waals surface area contributed by atoms with Crippen LogP contribution in [0, 0.1) is 18.7 Å². The molecule has 0 bridgehead atoms. The molecular weight excluding hydrogens is 343 g/mol. The summed E-state index contributed by atoms with van der Waals surface area (Å²) in [4.78, 5) is 27.0. The number of halogens is 1. The van der Waals surface area contributed by atoms with E-state index in [1.807, 2.05) is 31.2 Å². The van der Waals surface area contributed by atoms with Crippen molar-refractivity contribution in [1.82, 2.24) is 0 Å². The van der Waals surface area contributed by atoms with E-state index >= 15 is 0 Å². The molecule has 0 aromatic heterocycles. The highest BCUT2D eigenvalue weighted by molar-refractivity contribution is 6.04. The average Bonchev–Trinajstić information content (AvgIpc) is 3.05. The molecule has 27 heavy (non-hydrogen) atoms. The predicted molar refractivity (Wildman–Crippen MR) is 105 cm³/mol. The van der Waals surface area contributed by atoms with Gasteiger partial charge in [-0.1, -0.05) is 38.1 Å². The number of carbonyl (C=O) groups is 2. The first-order chi connectivity index (χ1) is 12.9. The van der Waals surface area contributed by atoms with Gasteiger partial charge >= 0.3 is 0 Å². The fraction of sp³-hybridized carbons (Fsp3) is 0.364. The number of carbonyl (C=O) groups excluding carboxylic acids is 2. The summed E-state index contributed by atoms with van der Waals surface area (Å²) in [6, 6.07) is 12.2. The van der Waals surface area contributed by atoms with Crippen LogP contribution in [0.4, 0.5) is 15.8 Å². The standard InChI is InChI=1S/C22H25FN2O2/c1-4-14(2)18-7-5-6-8-20(18)25-13-16(11-21(25)26)22(27)24-19-12-17(23)10-9-15(19)3/h5-10,12,14,16H,4,11,13H2,1-3H3,(H,24,27)/t14-,16+/m1/s1. The van der Waals surface area contributed by atoms with E-state index in [0.717, 1.165) is 23.2 Å². The number of hydrogen-bond acceptors (Lipinski definition) is 2. The Hall–Kier alpha value is -2.69. The van der Waals surface area contributed by atoms with Crippen molar-refractivity contribution < 1.29 is 14.0 Å². The zero-order chi connectivity index (χ0) is 19.6. The van der Waals surface area contributed by atoms with Gasteiger partial charge in [-0.15, -0.1) is 0 Å². The van der Waals surface area contributed by atoms with Crippen molar-refractivity contribution in [3.05, 3.63) is 59.4 Å². The van der Waals surface area contributed by atoms with Crippen molar-refractivity contribution in [3.8, 4) is 0 Å². The Morgan fingerprint density at radius 1 is 1.30 bits per heavy atom. The molecule has 0 aliphatic carbocycles. The van der Waals surface area contributed by atoms with Crippen LogP contribution in [0.25, 0.3) is 0 Å². The maximum atomic E-state index is 13.5. The average molecular weight is 368 g/mol. The summed E-state index contributed by atoms with van der Waals surface area (Å²) in [5.41, 5.74) is 3.24. The molecule has 1 N–H and O–H groups in total. The first-order valence-electron chi connectivity index (χ1n) is 9.37. The van der Waals surface area contributed by atoms with Crippen LogP contribution in [0.1, 0.15) is 43.7 Å². The highest BCUT2D eigenvalue weighted by Crippen LogP contribution is 2.33. The third kappa shape index (κ3) is 4.02. The van der Waals surface area contributed by atoms with Crippen LogP contribution in [0.3, 0.4) is 0 Å². The molecule has 4 nitrogen and oxygen atoms in total. The normalized spacial score (nSPS) is 17.9. The van der Waals surface area contributed by atoms with Crippen molar-refractivity contribution in [2.24, 2.45) is 5.92 Å². The summed E-state index contributed by atoms with van der Waals surface area (Å²) < 4.78 is 13.5. The van der Waals surface area contributed by atoms with Crippen molar-refractivity contribution in [2.45, 2.75) is 39.5 Å². The Morgan fingerprint density at radius 3 is 2.78 bits per heavy atom. The summed E-state index contributed by atoms with van der Waals surface area (Å²) >= 11 is 0. The minimum absolute atomic E-state index is 0.0538. The lowest BCUT2D eigenvalue weighted by Crippen LogP contribution is -2.29. The van der Waals surface area contributed by atoms with Crippen LogP contribution in [0.15, 0.2) is 42.5 Å². The molecule has 0 saturated carbocycles. The third-order valence-corrected chi connectivity index (χ3v) is 5.32. The summed E-state index contributed by atoms with van der Waals surface area (Å²) in [6.45, 7) is 6.40. The number of nitrogens with zero attached hydrogens (tertiary/aromatic N) is 1. The molecular formula is C22H25FN2O2. The van der Waals surface area contributed by atoms with Gasteiger partial charge in [-0.2, -0.15) is 0 Å². The van der Waals surface area contributed by atoms with Gasteiger partial charge in [-0.25, -0.2) is 4.39 Å². The van der Waals surface area contributed by atoms with Crippen LogP contribution in [0.2, 0.25) is 0 Å². The molecule has 142 valence electrons. The van der Waals surface area contributed by atoms with Gasteiger partial charge in [0.25, 0.3) is 0 Å². The fourth-order valence-electron chi connectivity index (χ4n) is 3.45. The second-order valence-electron chi connectivity index (χ2n) is 7.22. The number of benzene rings is 2. The van der Waals surface area contributed by atoms with E-state index in [4.69, 9.17) is 0 Å². The lowest BCUT2D eigenvalue weighted by molar-refractivity contribution is -0.122. The second-order valence-corrected chi connectivity index (χ2v) is 7.22. The Labute approximate surface area is 159 Å². The molecule has 1 heterocycles. The Kier molecular flexibility index (Phi) is 5.59. The van der Waals surface area contributed by atoms with E-state index < -0.39 is 11.7 Å². The van der Waals surface area contributed by atoms with Crippen molar-refractivity contribution in [3.63, 3.8) is 0 Å². The topological polar surface area (TPSA) is 49.4 Å². The van der Waals surface area contributed by atoms with Gasteiger partial charge in [-0.3, -0.25) is 9.59 Å². The summed E-state index contributed by atoms with van der Waals surface area (Å²) in [5, 5.41) is 2.78. The second kappa shape index (κ2) is 7.91. The molecule has 3 rings (SSSR count). The van der Waals surface area contributed by atoms with E-state index in [1.54, 1.807) is 11.0 Å². The van der Waals surface area contributed by atoms with Gasteiger partial charge in [0.15, 0.2) is 0 Å². The smallest absolute Gasteiger partial charge is 0.229 e. The van der Waals surface area contributed by atoms with Gasteiger partial charge in [-0.05, 0) is 48.6 Å². The molecule has 1 saturated heterocycles. The van der Waals surface area contributed by atoms with Crippen LogP contribution in [-0.2, 0) is 9.59 Å². The molecule has 0 unspecified atom stereocenters. The SMILES string of the molecule is CC[C@@H](C)c1ccccc1N1C[C@@H](C(=O)Nc2cc(F)ccc2C)CC1=O. The van der Waals surface area contributed by atoms with Crippen LogP contribution in [0.5, 0.6) is 0 Å². The zero-order valence-electron chi connectivity index (χ0n) is 16.0. The Bertz CT molecular complexity index is 865. The van der Waals surface area contributed by atoms with E-state index in [0.29, 0.717) is 18.2 Å². The Morgan fingerprint density at radius 2 is 2.04 bits per heavy atom. The summed E-state index contributed by atoms with van der Waals surface area (Å²) in [7, 11) is 0. The quantitative estimate of drug-likeness (QED) is 0.836. The van der Waals surface area contributed by atoms with Gasteiger partial charge in [0.2, 0.25) is 11.8 Å². The summed E-state index contributed by atoms with van der Waals surface area (Å²) in [6.07, 6.45) is 1.14. The molecule has 5 heteroatoms. The zero-order valence-corrected chi connectivity index (χ0v) is 16.0. The minimum atomic E-state index is -0.454. The number of anilines is 2. The van der Waals surface area contributed by atoms with Gasteiger partial charge in [0, 0.05) is 24.3 Å². The van der Waals surface area contributed by atoms with Gasteiger partial charge < -0.3 is 10.2 Å². The van der Waals surface area contributed by atoms with Crippen LogP contribution in [-0.4, -0.2) is 18.4 Å². The highest BCUT2D eigenvalue weighted by atomic mass is 19.1. The minimum Gasteiger partial charge on any atom is -0.325 e. The molecule has 2 amide bonds. The van der Waals surface area contributed by atoms with E-state index in [2.05, 4.69) is 19.2 Å². The number of nitrogens with one attached hydrogen (secondary N) is 1. The van der Waals surface area contributed by atoms with Crippen molar-refractivity contribution >= 4 is 23.2 Å². The summed E-state index contributed by atoms with van der Waals surface area (Å²) in [5.74, 6) is -0.827. The first kappa shape index (κ1) is 19.1. The van der Waals surface area contributed by atoms with Gasteiger partial charge in [0.1, 0.15) is 5.82 Å². The molecule has 1 fully saturated rings. The molecule has 1 aliphatic heterocycles. The highest BCUT2D eigenvalue weighted by Gasteiger charge is 2.36. The largest absolute Gasteiger partial charge is 0.325 e. The number of amides is 2. The van der Waals surface area contributed by atoms with E-state index in [9.17, 15) is 14.0 Å². The monoisotopic (exact) mass is 368 g/mol. The third-order valence-electron chi connectivity index (χ3n) is 5.32. The lowest BCUT2D eigenvalue weighted by atomic mass is 9.96. The van der Waals surface area contributed by atoms with Crippen LogP contribution < -0.4 is 10.2 Å². The maximum Gasteiger partial charge on any atom is 0.229 e. The number of para-hydroxylation sites is 1. The molecule has 0 spiro atoms. The van der Waals surface area contributed by atoms with E-state index in [1.165, 1.54) is 12.1 Å². The number of rotatable bonds is 5. The molecule has 2 aromatic carbocycles. The number of hydrogen-bond donors (Lipinski definition) is 1. The van der Waals surface area contributed by atoms with Crippen molar-refractivity contribution in [2.75, 3.05) is 16.8 Å². The van der Waals surface area contributed by atoms with E-state index in [-0.39, 0.29) is 18.2 Å². The molecule has 0 radical (unpaired) electrons. The van der Waals surface area contributed by atoms with Gasteiger partial charge in [0.05, 0.1) is 5.92 Å². The van der Waals surface area contributed by atoms with Crippen molar-refractivity contribution in [1.29, 1.82) is 0 Å². The van der Waals surface area contributed by atoms with Crippen LogP contribution >= 0.6 is 0 Å². The molecule has 2 atom stereocenters. The molecule has 2 aromatic rings. The fourth-order valence-corrected chi connectivity index (χ4v) is 3.45. The predicted octanol–water partition coefficient (Wildman–Crippen LogP) is 4.64. The lowest BCUT2D eigenvalue weighted by Gasteiger charge is -2.23. The maximum absolute atomic E-state index is 13.5. The number of aryl methyl sites for hydroxylation is 1. The Balaban J connectivity index is 1.78.